The van der Waals surface area contributed by atoms with E-state index in [0.29, 0.717) is 40.2 Å². The van der Waals surface area contributed by atoms with Gasteiger partial charge in [0, 0.05) is 48.1 Å². The number of carbonyl (C=O) groups excluding carboxylic acids is 1. The molecule has 0 bridgehead atoms. The van der Waals surface area contributed by atoms with E-state index in [1.807, 2.05) is 4.90 Å². The summed E-state index contributed by atoms with van der Waals surface area (Å²) in [5.41, 5.74) is 1.88. The summed E-state index contributed by atoms with van der Waals surface area (Å²) in [4.78, 5) is 34.1. The van der Waals surface area contributed by atoms with Gasteiger partial charge in [-0.25, -0.2) is 14.2 Å². The lowest BCUT2D eigenvalue weighted by Crippen LogP contribution is -2.34. The number of amides is 1. The number of carbonyl (C=O) groups is 2. The number of hydrogen-bond donors (Lipinski definition) is 3. The largest absolute Gasteiger partial charge is 0.477 e. The molecular formula is C22H18Cl3FN4O3S. The summed E-state index contributed by atoms with van der Waals surface area (Å²) in [5, 5.41) is 14.0. The molecule has 3 aromatic rings. The molecule has 2 aromatic heterocycles. The van der Waals surface area contributed by atoms with Crippen LogP contribution in [0.15, 0.2) is 18.2 Å². The van der Waals surface area contributed by atoms with Gasteiger partial charge in [0.15, 0.2) is 5.13 Å². The number of hydrogen-bond acceptors (Lipinski definition) is 5. The second kappa shape index (κ2) is 8.71. The minimum atomic E-state index is -1.07. The average molecular weight is 544 g/mol. The van der Waals surface area contributed by atoms with Gasteiger partial charge in [-0.1, -0.05) is 52.2 Å². The van der Waals surface area contributed by atoms with Gasteiger partial charge in [0.25, 0.3) is 5.91 Å². The van der Waals surface area contributed by atoms with E-state index >= 15 is 0 Å². The molecule has 2 aliphatic rings. The molecule has 34 heavy (non-hydrogen) atoms. The maximum Gasteiger partial charge on any atom is 0.347 e. The van der Waals surface area contributed by atoms with Crippen LogP contribution >= 0.6 is 46.1 Å². The summed E-state index contributed by atoms with van der Waals surface area (Å²) in [6.07, 6.45) is 0.190. The summed E-state index contributed by atoms with van der Waals surface area (Å²) in [6.45, 7) is 3.04. The number of thiazole rings is 1. The number of carboxylic acids is 1. The molecule has 3 heterocycles. The fraction of sp³-hybridized carbons (Fsp3) is 0.318. The van der Waals surface area contributed by atoms with Crippen LogP contribution in [0.2, 0.25) is 15.1 Å². The second-order valence-electron chi connectivity index (χ2n) is 8.47. The Hall–Kier alpha value is -2.33. The first-order valence-corrected chi connectivity index (χ1v) is 12.4. The SMILES string of the molecule is Cc1[nH]c(C(=O)NC2[C@H]3CN(c4nc(Cc5ccc(F)cc5Cl)c(C(=O)O)s4)C[C@@H]23)c(Cl)c1Cl. The monoisotopic (exact) mass is 542 g/mol. The van der Waals surface area contributed by atoms with Crippen molar-refractivity contribution in [1.29, 1.82) is 0 Å². The van der Waals surface area contributed by atoms with Crippen LogP contribution in [0.4, 0.5) is 9.52 Å². The fourth-order valence-electron chi connectivity index (χ4n) is 4.46. The zero-order chi connectivity index (χ0) is 24.3. The number of rotatable bonds is 6. The summed E-state index contributed by atoms with van der Waals surface area (Å²) < 4.78 is 13.3. The number of aromatic nitrogens is 2. The van der Waals surface area contributed by atoms with Crippen LogP contribution in [-0.2, 0) is 6.42 Å². The molecule has 1 saturated carbocycles. The molecule has 3 atom stereocenters. The number of aryl methyl sites for hydroxylation is 1. The Balaban J connectivity index is 1.26. The summed E-state index contributed by atoms with van der Waals surface area (Å²) in [7, 11) is 0. The normalized spacial score (nSPS) is 21.0. The number of nitrogens with zero attached hydrogens (tertiary/aromatic N) is 2. The molecule has 1 aromatic carbocycles. The van der Waals surface area contributed by atoms with Gasteiger partial charge in [-0.05, 0) is 24.6 Å². The van der Waals surface area contributed by atoms with Gasteiger partial charge in [0.2, 0.25) is 0 Å². The smallest absolute Gasteiger partial charge is 0.347 e. The zero-order valence-corrected chi connectivity index (χ0v) is 20.7. The predicted molar refractivity (Wildman–Crippen MR) is 129 cm³/mol. The molecule has 1 aliphatic heterocycles. The molecule has 1 aliphatic carbocycles. The van der Waals surface area contributed by atoms with Crippen LogP contribution in [0.3, 0.4) is 0 Å². The number of benzene rings is 1. The highest BCUT2D eigenvalue weighted by atomic mass is 35.5. The third-order valence-electron chi connectivity index (χ3n) is 6.30. The van der Waals surface area contributed by atoms with Crippen LogP contribution in [0.25, 0.3) is 0 Å². The summed E-state index contributed by atoms with van der Waals surface area (Å²) in [5.74, 6) is -1.35. The van der Waals surface area contributed by atoms with Gasteiger partial charge in [-0.15, -0.1) is 0 Å². The highest BCUT2D eigenvalue weighted by molar-refractivity contribution is 7.17. The number of H-pyrrole nitrogens is 1. The number of aromatic carboxylic acids is 1. The van der Waals surface area contributed by atoms with Gasteiger partial charge < -0.3 is 20.3 Å². The zero-order valence-electron chi connectivity index (χ0n) is 17.7. The molecule has 7 nitrogen and oxygen atoms in total. The first-order chi connectivity index (χ1) is 16.1. The predicted octanol–water partition coefficient (Wildman–Crippen LogP) is 5.03. The molecule has 3 N–H and O–H groups in total. The van der Waals surface area contributed by atoms with Crippen molar-refractivity contribution in [3.8, 4) is 0 Å². The number of carboxylic acid groups (broad SMARTS) is 1. The van der Waals surface area contributed by atoms with Crippen LogP contribution in [0.1, 0.15) is 37.1 Å². The van der Waals surface area contributed by atoms with E-state index in [1.54, 1.807) is 6.92 Å². The van der Waals surface area contributed by atoms with Crippen molar-refractivity contribution >= 4 is 63.1 Å². The fourth-order valence-corrected chi connectivity index (χ4v) is 6.05. The summed E-state index contributed by atoms with van der Waals surface area (Å²) in [6, 6.07) is 4.03. The third kappa shape index (κ3) is 4.15. The van der Waals surface area contributed by atoms with Gasteiger partial charge >= 0.3 is 5.97 Å². The van der Waals surface area contributed by atoms with Crippen LogP contribution in [0, 0.1) is 24.6 Å². The Morgan fingerprint density at radius 3 is 2.56 bits per heavy atom. The number of piperidine rings is 1. The van der Waals surface area contributed by atoms with E-state index in [2.05, 4.69) is 15.3 Å². The average Bonchev–Trinajstić information content (AvgIpc) is 3.15. The van der Waals surface area contributed by atoms with E-state index in [1.165, 1.54) is 18.2 Å². The molecule has 2 fully saturated rings. The number of fused-ring (bicyclic) bond motifs is 1. The van der Waals surface area contributed by atoms with Crippen LogP contribution < -0.4 is 10.2 Å². The lowest BCUT2D eigenvalue weighted by Gasteiger charge is -2.19. The van der Waals surface area contributed by atoms with E-state index in [9.17, 15) is 19.1 Å². The maximum absolute atomic E-state index is 13.3. The van der Waals surface area contributed by atoms with Crippen molar-refractivity contribution in [2.45, 2.75) is 19.4 Å². The maximum atomic E-state index is 13.3. The molecule has 0 spiro atoms. The van der Waals surface area contributed by atoms with Gasteiger partial charge in [-0.3, -0.25) is 4.79 Å². The highest BCUT2D eigenvalue weighted by Crippen LogP contribution is 2.48. The lowest BCUT2D eigenvalue weighted by atomic mass is 10.1. The topological polar surface area (TPSA) is 98.3 Å². The summed E-state index contributed by atoms with van der Waals surface area (Å²) >= 11 is 19.4. The van der Waals surface area contributed by atoms with Gasteiger partial charge in [0.1, 0.15) is 16.4 Å². The number of halogens is 4. The minimum Gasteiger partial charge on any atom is -0.477 e. The lowest BCUT2D eigenvalue weighted by molar-refractivity contribution is 0.0700. The van der Waals surface area contributed by atoms with Gasteiger partial charge in [0.05, 0.1) is 15.7 Å². The minimum absolute atomic E-state index is 0.0126. The standard InChI is InChI=1S/C22H18Cl3FN4O3S/c1-8-15(24)16(25)18(27-8)20(31)29-17-11-6-30(7-12(11)17)22-28-14(19(34-22)21(32)33)4-9-2-3-10(26)5-13(9)23/h2-3,5,11-12,17,27H,4,6-7H2,1H3,(H,29,31)(H,32,33)/t11-,12+,17?. The molecule has 5 rings (SSSR count). The van der Waals surface area contributed by atoms with E-state index < -0.39 is 11.8 Å². The number of anilines is 1. The first kappa shape index (κ1) is 23.4. The molecule has 1 amide bonds. The first-order valence-electron chi connectivity index (χ1n) is 10.4. The van der Waals surface area contributed by atoms with E-state index in [0.717, 1.165) is 11.3 Å². The van der Waals surface area contributed by atoms with Crippen molar-refractivity contribution in [2.75, 3.05) is 18.0 Å². The molecule has 1 unspecified atom stereocenters. The van der Waals surface area contributed by atoms with Crippen LogP contribution in [0.5, 0.6) is 0 Å². The Morgan fingerprint density at radius 2 is 1.97 bits per heavy atom. The molecule has 178 valence electrons. The van der Waals surface area contributed by atoms with Crippen LogP contribution in [-0.4, -0.2) is 46.1 Å². The van der Waals surface area contributed by atoms with Crippen molar-refractivity contribution in [3.63, 3.8) is 0 Å². The van der Waals surface area contributed by atoms with E-state index in [4.69, 9.17) is 34.8 Å². The number of aromatic amines is 1. The Kier molecular flexibility index (Phi) is 6.00. The molecule has 0 radical (unpaired) electrons. The van der Waals surface area contributed by atoms with Gasteiger partial charge in [-0.2, -0.15) is 0 Å². The molecule has 1 saturated heterocycles. The van der Waals surface area contributed by atoms with E-state index in [-0.39, 0.29) is 50.8 Å². The Labute approximate surface area is 212 Å². The molecule has 12 heteroatoms. The Bertz CT molecular complexity index is 1310. The van der Waals surface area contributed by atoms with Crippen molar-refractivity contribution in [1.82, 2.24) is 15.3 Å². The quantitative estimate of drug-likeness (QED) is 0.405. The van der Waals surface area contributed by atoms with Crippen molar-refractivity contribution in [3.05, 3.63) is 66.6 Å². The highest BCUT2D eigenvalue weighted by Gasteiger charge is 2.57. The third-order valence-corrected chi connectivity index (χ3v) is 8.74. The molecular weight excluding hydrogens is 526 g/mol. The van der Waals surface area contributed by atoms with Crippen molar-refractivity contribution < 1.29 is 19.1 Å². The second-order valence-corrected chi connectivity index (χ2v) is 10.6. The number of nitrogens with one attached hydrogen (secondary N) is 2. The van der Waals surface area contributed by atoms with Crippen molar-refractivity contribution in [2.24, 2.45) is 11.8 Å². The Morgan fingerprint density at radius 1 is 1.26 bits per heavy atom.